The van der Waals surface area contributed by atoms with Crippen molar-refractivity contribution in [2.75, 3.05) is 25.0 Å². The summed E-state index contributed by atoms with van der Waals surface area (Å²) in [6.45, 7) is 0.406. The molecule has 1 fully saturated rings. The van der Waals surface area contributed by atoms with Gasteiger partial charge in [-0.05, 0) is 31.0 Å². The molecule has 0 aromatic heterocycles. The average Bonchev–Trinajstić information content (AvgIpc) is 2.52. The summed E-state index contributed by atoms with van der Waals surface area (Å²) in [7, 11) is 0. The molecule has 1 aromatic rings. The number of benzene rings is 1. The van der Waals surface area contributed by atoms with Gasteiger partial charge in [-0.2, -0.15) is 13.2 Å². The van der Waals surface area contributed by atoms with Gasteiger partial charge in [-0.25, -0.2) is 4.39 Å². The molecule has 9 heteroatoms. The normalized spacial score (nSPS) is 18.3. The highest BCUT2D eigenvalue weighted by Gasteiger charge is 2.34. The van der Waals surface area contributed by atoms with E-state index in [2.05, 4.69) is 5.32 Å². The highest BCUT2D eigenvalue weighted by Crippen LogP contribution is 2.32. The van der Waals surface area contributed by atoms with E-state index in [1.165, 1.54) is 4.90 Å². The number of anilines is 1. The van der Waals surface area contributed by atoms with E-state index in [4.69, 9.17) is 5.73 Å². The van der Waals surface area contributed by atoms with Crippen molar-refractivity contribution in [1.29, 1.82) is 0 Å². The second kappa shape index (κ2) is 7.06. The SMILES string of the molecule is NC(=O)[C@H]1CCCN(C(=O)CNc2ccc(F)c(C(F)(F)F)c2)C1. The molecule has 1 saturated heterocycles. The summed E-state index contributed by atoms with van der Waals surface area (Å²) in [5, 5.41) is 2.55. The molecule has 2 amide bonds. The molecule has 2 rings (SSSR count). The topological polar surface area (TPSA) is 75.4 Å². The monoisotopic (exact) mass is 347 g/mol. The van der Waals surface area contributed by atoms with Gasteiger partial charge in [-0.1, -0.05) is 0 Å². The number of piperidine rings is 1. The minimum atomic E-state index is -4.81. The van der Waals surface area contributed by atoms with E-state index in [1.807, 2.05) is 0 Å². The number of likely N-dealkylation sites (tertiary alicyclic amines) is 1. The number of hydrogen-bond donors (Lipinski definition) is 2. The summed E-state index contributed by atoms with van der Waals surface area (Å²) < 4.78 is 51.2. The molecule has 1 aliphatic rings. The second-order valence-corrected chi connectivity index (χ2v) is 5.63. The largest absolute Gasteiger partial charge is 0.419 e. The number of carbonyl (C=O) groups is 2. The van der Waals surface area contributed by atoms with Crippen LogP contribution in [0.1, 0.15) is 18.4 Å². The number of hydrogen-bond acceptors (Lipinski definition) is 3. The molecule has 0 aliphatic carbocycles. The van der Waals surface area contributed by atoms with Gasteiger partial charge in [-0.3, -0.25) is 9.59 Å². The van der Waals surface area contributed by atoms with Crippen LogP contribution in [-0.2, 0) is 15.8 Å². The van der Waals surface area contributed by atoms with Crippen LogP contribution < -0.4 is 11.1 Å². The summed E-state index contributed by atoms with van der Waals surface area (Å²) in [6.07, 6.45) is -3.57. The van der Waals surface area contributed by atoms with Crippen LogP contribution >= 0.6 is 0 Å². The molecule has 0 unspecified atom stereocenters. The zero-order valence-electron chi connectivity index (χ0n) is 12.7. The number of halogens is 4. The van der Waals surface area contributed by atoms with Crippen molar-refractivity contribution >= 4 is 17.5 Å². The van der Waals surface area contributed by atoms with Crippen LogP contribution in [0.5, 0.6) is 0 Å². The number of nitrogens with zero attached hydrogens (tertiary/aromatic N) is 1. The van der Waals surface area contributed by atoms with Gasteiger partial charge in [0.1, 0.15) is 5.82 Å². The summed E-state index contributed by atoms with van der Waals surface area (Å²) in [5.41, 5.74) is 3.82. The van der Waals surface area contributed by atoms with Crippen LogP contribution in [0.3, 0.4) is 0 Å². The molecule has 1 atom stereocenters. The summed E-state index contributed by atoms with van der Waals surface area (Å²) >= 11 is 0. The van der Waals surface area contributed by atoms with E-state index in [9.17, 15) is 27.2 Å². The second-order valence-electron chi connectivity index (χ2n) is 5.63. The maximum absolute atomic E-state index is 13.2. The molecular weight excluding hydrogens is 330 g/mol. The molecule has 1 aromatic carbocycles. The Balaban J connectivity index is 1.98. The maximum Gasteiger partial charge on any atom is 0.419 e. The van der Waals surface area contributed by atoms with Crippen LogP contribution in [0.2, 0.25) is 0 Å². The predicted molar refractivity (Wildman–Crippen MR) is 78.4 cm³/mol. The Hall–Kier alpha value is -2.32. The minimum absolute atomic E-state index is 0.0134. The number of carbonyl (C=O) groups excluding carboxylic acids is 2. The first-order valence-corrected chi connectivity index (χ1v) is 7.36. The third-order valence-corrected chi connectivity index (χ3v) is 3.89. The van der Waals surface area contributed by atoms with Crippen LogP contribution in [0, 0.1) is 11.7 Å². The highest BCUT2D eigenvalue weighted by atomic mass is 19.4. The Morgan fingerprint density at radius 3 is 2.67 bits per heavy atom. The Labute approximate surface area is 135 Å². The Morgan fingerprint density at radius 2 is 2.04 bits per heavy atom. The molecular formula is C15H17F4N3O2. The summed E-state index contributed by atoms with van der Waals surface area (Å²) in [4.78, 5) is 24.7. The smallest absolute Gasteiger partial charge is 0.376 e. The van der Waals surface area contributed by atoms with Crippen LogP contribution in [0.15, 0.2) is 18.2 Å². The maximum atomic E-state index is 13.2. The van der Waals surface area contributed by atoms with Crippen molar-refractivity contribution in [3.8, 4) is 0 Å². The zero-order chi connectivity index (χ0) is 17.9. The molecule has 0 saturated carbocycles. The Morgan fingerprint density at radius 1 is 1.33 bits per heavy atom. The number of nitrogens with two attached hydrogens (primary N) is 1. The standard InChI is InChI=1S/C15H17F4N3O2/c16-12-4-3-10(6-11(12)15(17,18)19)21-7-13(23)22-5-1-2-9(8-22)14(20)24/h3-4,6,9,21H,1-2,5,7-8H2,(H2,20,24)/t9-/m0/s1. The molecule has 132 valence electrons. The van der Waals surface area contributed by atoms with Crippen molar-refractivity contribution in [2.24, 2.45) is 11.7 Å². The lowest BCUT2D eigenvalue weighted by molar-refractivity contribution is -0.140. The van der Waals surface area contributed by atoms with E-state index in [0.717, 1.165) is 6.07 Å². The average molecular weight is 347 g/mol. The van der Waals surface area contributed by atoms with Gasteiger partial charge in [0.15, 0.2) is 0 Å². The molecule has 5 nitrogen and oxygen atoms in total. The van der Waals surface area contributed by atoms with Crippen molar-refractivity contribution in [3.05, 3.63) is 29.6 Å². The number of amides is 2. The lowest BCUT2D eigenvalue weighted by atomic mass is 9.97. The number of primary amides is 1. The third kappa shape index (κ3) is 4.36. The molecule has 0 bridgehead atoms. The first-order valence-electron chi connectivity index (χ1n) is 7.36. The summed E-state index contributed by atoms with van der Waals surface area (Å²) in [6, 6.07) is 2.44. The van der Waals surface area contributed by atoms with Gasteiger partial charge in [-0.15, -0.1) is 0 Å². The lowest BCUT2D eigenvalue weighted by Gasteiger charge is -2.31. The predicted octanol–water partition coefficient (Wildman–Crippen LogP) is 1.98. The highest BCUT2D eigenvalue weighted by molar-refractivity contribution is 5.83. The molecule has 0 spiro atoms. The molecule has 1 heterocycles. The number of nitrogens with one attached hydrogen (secondary N) is 1. The number of alkyl halides is 3. The van der Waals surface area contributed by atoms with E-state index in [1.54, 1.807) is 0 Å². The fourth-order valence-corrected chi connectivity index (χ4v) is 2.58. The summed E-state index contributed by atoms with van der Waals surface area (Å²) in [5.74, 6) is -2.63. The van der Waals surface area contributed by atoms with E-state index in [-0.39, 0.29) is 24.7 Å². The fraction of sp³-hybridized carbons (Fsp3) is 0.467. The Kier molecular flexibility index (Phi) is 5.30. The van der Waals surface area contributed by atoms with Gasteiger partial charge >= 0.3 is 6.18 Å². The van der Waals surface area contributed by atoms with Gasteiger partial charge in [0, 0.05) is 18.8 Å². The number of rotatable bonds is 4. The van der Waals surface area contributed by atoms with Crippen molar-refractivity contribution < 1.29 is 27.2 Å². The molecule has 24 heavy (non-hydrogen) atoms. The first kappa shape index (κ1) is 18.0. The van der Waals surface area contributed by atoms with Crippen molar-refractivity contribution in [2.45, 2.75) is 19.0 Å². The van der Waals surface area contributed by atoms with Crippen LogP contribution in [0.4, 0.5) is 23.2 Å². The molecule has 3 N–H and O–H groups in total. The van der Waals surface area contributed by atoms with Crippen LogP contribution in [-0.4, -0.2) is 36.3 Å². The van der Waals surface area contributed by atoms with Crippen LogP contribution in [0.25, 0.3) is 0 Å². The van der Waals surface area contributed by atoms with Gasteiger partial charge in [0.25, 0.3) is 0 Å². The van der Waals surface area contributed by atoms with Crippen molar-refractivity contribution in [3.63, 3.8) is 0 Å². The Bertz CT molecular complexity index is 634. The van der Waals surface area contributed by atoms with E-state index >= 15 is 0 Å². The van der Waals surface area contributed by atoms with Gasteiger partial charge in [0.05, 0.1) is 18.0 Å². The van der Waals surface area contributed by atoms with Gasteiger partial charge in [0.2, 0.25) is 11.8 Å². The minimum Gasteiger partial charge on any atom is -0.376 e. The molecule has 0 radical (unpaired) electrons. The third-order valence-electron chi connectivity index (χ3n) is 3.89. The van der Waals surface area contributed by atoms with E-state index < -0.39 is 29.4 Å². The van der Waals surface area contributed by atoms with Crippen molar-refractivity contribution in [1.82, 2.24) is 4.90 Å². The first-order chi connectivity index (χ1) is 11.2. The quantitative estimate of drug-likeness (QED) is 0.818. The van der Waals surface area contributed by atoms with Gasteiger partial charge < -0.3 is 16.0 Å². The zero-order valence-corrected chi connectivity index (χ0v) is 12.7. The molecule has 1 aliphatic heterocycles. The lowest BCUT2D eigenvalue weighted by Crippen LogP contribution is -2.45. The van der Waals surface area contributed by atoms with E-state index in [0.29, 0.717) is 31.5 Å². The fourth-order valence-electron chi connectivity index (χ4n) is 2.58.